The Hall–Kier alpha value is -2.49. The molecule has 0 fully saturated rings. The Bertz CT molecular complexity index is 1070. The van der Waals surface area contributed by atoms with E-state index in [1.165, 1.54) is 11.3 Å². The zero-order chi connectivity index (χ0) is 19.4. The highest BCUT2D eigenvalue weighted by molar-refractivity contribution is 7.99. The molecule has 0 saturated carbocycles. The first kappa shape index (κ1) is 19.3. The van der Waals surface area contributed by atoms with Crippen LogP contribution in [0.4, 0.5) is 0 Å². The second-order valence-corrected chi connectivity index (χ2v) is 8.78. The van der Waals surface area contributed by atoms with Crippen LogP contribution in [0.25, 0.3) is 10.2 Å². The van der Waals surface area contributed by atoms with Crippen LogP contribution in [0.2, 0.25) is 0 Å². The summed E-state index contributed by atoms with van der Waals surface area (Å²) in [5.41, 5.74) is 1.50. The molecule has 2 aromatic carbocycles. The highest BCUT2D eigenvalue weighted by Gasteiger charge is 2.10. The smallest absolute Gasteiger partial charge is 0.279 e. The van der Waals surface area contributed by atoms with E-state index in [0.29, 0.717) is 22.2 Å². The van der Waals surface area contributed by atoms with Gasteiger partial charge in [0.25, 0.3) is 5.91 Å². The van der Waals surface area contributed by atoms with Crippen LogP contribution >= 0.6 is 23.1 Å². The highest BCUT2D eigenvalue weighted by atomic mass is 32.2. The first-order valence-electron chi connectivity index (χ1n) is 8.48. The summed E-state index contributed by atoms with van der Waals surface area (Å²) in [7, 11) is 1.63. The van der Waals surface area contributed by atoms with Crippen LogP contribution in [0.5, 0.6) is 5.75 Å². The van der Waals surface area contributed by atoms with Crippen molar-refractivity contribution >= 4 is 39.2 Å². The zero-order valence-electron chi connectivity index (χ0n) is 15.4. The van der Waals surface area contributed by atoms with Crippen molar-refractivity contribution in [3.05, 3.63) is 52.8 Å². The van der Waals surface area contributed by atoms with Crippen LogP contribution in [-0.4, -0.2) is 22.8 Å². The van der Waals surface area contributed by atoms with Crippen LogP contribution < -0.4 is 9.54 Å². The minimum absolute atomic E-state index is 0.277. The van der Waals surface area contributed by atoms with Gasteiger partial charge >= 0.3 is 0 Å². The lowest BCUT2D eigenvalue weighted by Crippen LogP contribution is -2.16. The molecule has 0 saturated heterocycles. The normalized spacial score (nSPS) is 11.7. The van der Waals surface area contributed by atoms with E-state index in [2.05, 4.69) is 24.8 Å². The number of aromatic nitrogens is 1. The van der Waals surface area contributed by atoms with Crippen molar-refractivity contribution in [1.82, 2.24) is 4.57 Å². The predicted molar refractivity (Wildman–Crippen MR) is 113 cm³/mol. The summed E-state index contributed by atoms with van der Waals surface area (Å²) in [6.07, 6.45) is 5.51. The predicted octanol–water partition coefficient (Wildman–Crippen LogP) is 4.59. The average molecular weight is 397 g/mol. The molecule has 0 radical (unpaired) electrons. The third-order valence-corrected chi connectivity index (χ3v) is 5.87. The maximum absolute atomic E-state index is 12.6. The topological polar surface area (TPSA) is 43.6 Å². The Balaban J connectivity index is 2.00. The van der Waals surface area contributed by atoms with Gasteiger partial charge in [-0.15, -0.1) is 18.2 Å². The van der Waals surface area contributed by atoms with Gasteiger partial charge in [-0.25, -0.2) is 0 Å². The number of thioether (sulfide) groups is 1. The minimum atomic E-state index is -0.277. The van der Waals surface area contributed by atoms with Crippen LogP contribution in [0, 0.1) is 12.3 Å². The first-order valence-corrected chi connectivity index (χ1v) is 10.2. The molecule has 4 nitrogen and oxygen atoms in total. The van der Waals surface area contributed by atoms with Crippen LogP contribution in [-0.2, 0) is 6.54 Å². The third kappa shape index (κ3) is 4.44. The number of methoxy groups -OCH3 is 1. The minimum Gasteiger partial charge on any atom is -0.497 e. The van der Waals surface area contributed by atoms with Gasteiger partial charge in [-0.05, 0) is 42.5 Å². The third-order valence-electron chi connectivity index (χ3n) is 3.81. The summed E-state index contributed by atoms with van der Waals surface area (Å²) in [5, 5.41) is 0.495. The average Bonchev–Trinajstić information content (AvgIpc) is 2.98. The molecule has 3 rings (SSSR count). The Morgan fingerprint density at radius 1 is 1.30 bits per heavy atom. The summed E-state index contributed by atoms with van der Waals surface area (Å²) in [5.74, 6) is 3.11. The molecule has 1 aromatic heterocycles. The molecular formula is C21H20N2O2S2. The van der Waals surface area contributed by atoms with Gasteiger partial charge in [-0.3, -0.25) is 4.79 Å². The maximum atomic E-state index is 12.6. The fourth-order valence-electron chi connectivity index (χ4n) is 2.61. The van der Waals surface area contributed by atoms with Gasteiger partial charge in [-0.1, -0.05) is 31.1 Å². The van der Waals surface area contributed by atoms with Crippen molar-refractivity contribution in [2.75, 3.05) is 7.11 Å². The van der Waals surface area contributed by atoms with E-state index in [0.717, 1.165) is 20.9 Å². The van der Waals surface area contributed by atoms with E-state index in [4.69, 9.17) is 11.2 Å². The molecule has 3 aromatic rings. The number of amides is 1. The molecule has 0 spiro atoms. The number of rotatable bonds is 5. The van der Waals surface area contributed by atoms with E-state index >= 15 is 0 Å². The summed E-state index contributed by atoms with van der Waals surface area (Å²) in [6.45, 7) is 4.63. The largest absolute Gasteiger partial charge is 0.497 e. The number of carbonyl (C=O) groups excluding carboxylic acids is 1. The number of benzene rings is 2. The molecule has 1 amide bonds. The molecular weight excluding hydrogens is 376 g/mol. The van der Waals surface area contributed by atoms with E-state index in [1.807, 2.05) is 47.0 Å². The lowest BCUT2D eigenvalue weighted by Gasteiger charge is -2.04. The lowest BCUT2D eigenvalue weighted by molar-refractivity contribution is 0.0998. The number of nitrogens with zero attached hydrogens (tertiary/aromatic N) is 2. The van der Waals surface area contributed by atoms with E-state index < -0.39 is 0 Å². The van der Waals surface area contributed by atoms with E-state index in [9.17, 15) is 4.79 Å². The number of thiazole rings is 1. The molecule has 0 atom stereocenters. The van der Waals surface area contributed by atoms with Gasteiger partial charge in [0.1, 0.15) is 5.75 Å². The Morgan fingerprint density at radius 3 is 2.67 bits per heavy atom. The van der Waals surface area contributed by atoms with Gasteiger partial charge in [0.05, 0.1) is 23.9 Å². The summed E-state index contributed by atoms with van der Waals surface area (Å²) < 4.78 is 8.13. The number of fused-ring (bicyclic) bond motifs is 1. The Kier molecular flexibility index (Phi) is 6.04. The maximum Gasteiger partial charge on any atom is 0.279 e. The van der Waals surface area contributed by atoms with Crippen LogP contribution in [0.15, 0.2) is 52.4 Å². The lowest BCUT2D eigenvalue weighted by atomic mass is 10.2. The Morgan fingerprint density at radius 2 is 2.04 bits per heavy atom. The van der Waals surface area contributed by atoms with Crippen LogP contribution in [0.3, 0.4) is 0 Å². The van der Waals surface area contributed by atoms with E-state index in [-0.39, 0.29) is 5.91 Å². The molecule has 0 bridgehead atoms. The first-order chi connectivity index (χ1) is 13.0. The standard InChI is InChI=1S/C21H20N2O2S2/c1-5-12-23-18-11-8-16(25-4)13-19(18)27-21(23)22-20(24)15-6-9-17(10-7-15)26-14(2)3/h1,6-11,13-14H,12H2,2-4H3. The molecule has 0 unspecified atom stereocenters. The molecule has 0 N–H and O–H groups in total. The Labute approximate surface area is 166 Å². The van der Waals surface area contributed by atoms with Crippen LogP contribution in [0.1, 0.15) is 24.2 Å². The van der Waals surface area contributed by atoms with Gasteiger partial charge < -0.3 is 9.30 Å². The second-order valence-electron chi connectivity index (χ2n) is 6.12. The molecule has 1 heterocycles. The molecule has 0 aliphatic carbocycles. The van der Waals surface area contributed by atoms with Gasteiger partial charge in [0.2, 0.25) is 0 Å². The van der Waals surface area contributed by atoms with Crippen molar-refractivity contribution in [3.8, 4) is 18.1 Å². The van der Waals surface area contributed by atoms with E-state index in [1.54, 1.807) is 18.9 Å². The van der Waals surface area contributed by atoms with Crippen molar-refractivity contribution < 1.29 is 9.53 Å². The quantitative estimate of drug-likeness (QED) is 0.468. The van der Waals surface area contributed by atoms with Gasteiger partial charge in [0.15, 0.2) is 4.80 Å². The summed E-state index contributed by atoms with van der Waals surface area (Å²) in [4.78, 5) is 18.7. The number of terminal acetylenes is 1. The second kappa shape index (κ2) is 8.47. The SMILES string of the molecule is C#CCn1c(=NC(=O)c2ccc(SC(C)C)cc2)sc2cc(OC)ccc21. The van der Waals surface area contributed by atoms with Crippen molar-refractivity contribution in [1.29, 1.82) is 0 Å². The van der Waals surface area contributed by atoms with Crippen molar-refractivity contribution in [3.63, 3.8) is 0 Å². The number of hydrogen-bond acceptors (Lipinski definition) is 4. The monoisotopic (exact) mass is 396 g/mol. The van der Waals surface area contributed by atoms with Gasteiger partial charge in [-0.2, -0.15) is 4.99 Å². The fraction of sp³-hybridized carbons (Fsp3) is 0.238. The molecule has 27 heavy (non-hydrogen) atoms. The van der Waals surface area contributed by atoms with Gasteiger partial charge in [0, 0.05) is 15.7 Å². The summed E-state index contributed by atoms with van der Waals surface area (Å²) in [6, 6.07) is 13.3. The number of carbonyl (C=O) groups is 1. The summed E-state index contributed by atoms with van der Waals surface area (Å²) >= 11 is 3.18. The van der Waals surface area contributed by atoms with Crippen molar-refractivity contribution in [2.45, 2.75) is 30.5 Å². The molecule has 6 heteroatoms. The number of hydrogen-bond donors (Lipinski definition) is 0. The highest BCUT2D eigenvalue weighted by Crippen LogP contribution is 2.24. The zero-order valence-corrected chi connectivity index (χ0v) is 17.1. The molecule has 138 valence electrons. The van der Waals surface area contributed by atoms with Crippen molar-refractivity contribution in [2.24, 2.45) is 4.99 Å². The number of ether oxygens (including phenoxy) is 1. The molecule has 0 aliphatic rings. The molecule has 0 aliphatic heterocycles. The fourth-order valence-corrected chi connectivity index (χ4v) is 4.50.